The van der Waals surface area contributed by atoms with Crippen LogP contribution in [0.15, 0.2) is 12.1 Å². The van der Waals surface area contributed by atoms with Crippen LogP contribution in [0.25, 0.3) is 0 Å². The van der Waals surface area contributed by atoms with E-state index >= 15 is 0 Å². The highest BCUT2D eigenvalue weighted by atomic mass is 35.5. The van der Waals surface area contributed by atoms with Gasteiger partial charge in [-0.1, -0.05) is 30.1 Å². The third-order valence-electron chi connectivity index (χ3n) is 6.00. The fourth-order valence-corrected chi connectivity index (χ4v) is 8.02. The monoisotopic (exact) mass is 530 g/mol. The van der Waals surface area contributed by atoms with Crippen LogP contribution in [-0.4, -0.2) is 44.9 Å². The average Bonchev–Trinajstić information content (AvgIpc) is 3.25. The highest BCUT2D eigenvalue weighted by Gasteiger charge is 2.33. The first-order valence-corrected chi connectivity index (χ1v) is 14.0. The fourth-order valence-electron chi connectivity index (χ4n) is 4.31. The van der Waals surface area contributed by atoms with Crippen LogP contribution in [0.4, 0.5) is 5.00 Å². The Kier molecular flexibility index (Phi) is 6.96. The number of carbonyl (C=O) groups excluding carboxylic acids is 2. The van der Waals surface area contributed by atoms with Crippen LogP contribution < -0.4 is 15.4 Å². The lowest BCUT2D eigenvalue weighted by molar-refractivity contribution is 0.0941. The minimum Gasteiger partial charge on any atom is -0.494 e. The van der Waals surface area contributed by atoms with E-state index in [4.69, 9.17) is 27.9 Å². The molecular weight excluding hydrogens is 507 g/mol. The van der Waals surface area contributed by atoms with Crippen molar-refractivity contribution >= 4 is 61.2 Å². The number of methoxy groups -OCH3 is 1. The maximum Gasteiger partial charge on any atom is 0.256 e. The summed E-state index contributed by atoms with van der Waals surface area (Å²) >= 11 is 13.7. The van der Waals surface area contributed by atoms with E-state index < -0.39 is 21.8 Å². The van der Waals surface area contributed by atoms with Gasteiger partial charge in [-0.3, -0.25) is 9.59 Å². The number of ether oxygens (including phenoxy) is 1. The maximum atomic E-state index is 13.2. The van der Waals surface area contributed by atoms with Crippen molar-refractivity contribution < 1.29 is 22.7 Å². The van der Waals surface area contributed by atoms with E-state index in [1.165, 1.54) is 30.6 Å². The minimum atomic E-state index is -3.13. The number of rotatable bonds is 5. The summed E-state index contributed by atoms with van der Waals surface area (Å²) in [5.41, 5.74) is 1.58. The summed E-state index contributed by atoms with van der Waals surface area (Å²) in [4.78, 5) is 27.3. The Bertz CT molecular complexity index is 1200. The third-order valence-corrected chi connectivity index (χ3v) is 9.50. The lowest BCUT2D eigenvalue weighted by atomic mass is 9.88. The van der Waals surface area contributed by atoms with Crippen molar-refractivity contribution in [3.05, 3.63) is 43.7 Å². The second-order valence-corrected chi connectivity index (χ2v) is 12.7. The molecule has 1 aliphatic heterocycles. The number of carbonyl (C=O) groups is 2. The summed E-state index contributed by atoms with van der Waals surface area (Å²) in [6.45, 7) is 2.16. The lowest BCUT2D eigenvalue weighted by Crippen LogP contribution is -2.36. The molecule has 0 radical (unpaired) electrons. The van der Waals surface area contributed by atoms with Gasteiger partial charge in [-0.15, -0.1) is 11.3 Å². The first-order valence-electron chi connectivity index (χ1n) is 10.6. The molecule has 1 aromatic carbocycles. The van der Waals surface area contributed by atoms with Gasteiger partial charge >= 0.3 is 0 Å². The summed E-state index contributed by atoms with van der Waals surface area (Å²) in [6, 6.07) is 2.49. The highest BCUT2D eigenvalue weighted by Crippen LogP contribution is 2.40. The second kappa shape index (κ2) is 9.44. The molecule has 4 rings (SSSR count). The summed E-state index contributed by atoms with van der Waals surface area (Å²) in [5.74, 6) is -0.0421. The van der Waals surface area contributed by atoms with Crippen molar-refractivity contribution in [2.45, 2.75) is 38.6 Å². The molecule has 2 atom stereocenters. The van der Waals surface area contributed by atoms with E-state index in [0.717, 1.165) is 29.7 Å². The normalized spacial score (nSPS) is 21.3. The topological polar surface area (TPSA) is 102 Å². The standard InChI is InChI=1S/C22H24Cl2N2O5S2/c1-11-3-4-14-17(7-11)32-22(18(14)21(28)25-13-5-6-33(29,30)10-13)26-20(27)12-8-15(23)19(31-2)16(24)9-12/h8-9,11,13H,3-7,10H2,1-2H3,(H,25,28)(H,26,27). The first-order chi connectivity index (χ1) is 15.6. The number of nitrogens with one attached hydrogen (secondary N) is 2. The van der Waals surface area contributed by atoms with Crippen LogP contribution >= 0.6 is 34.5 Å². The Morgan fingerprint density at radius 1 is 1.15 bits per heavy atom. The van der Waals surface area contributed by atoms with Crippen molar-refractivity contribution in [2.75, 3.05) is 23.9 Å². The molecule has 1 aliphatic carbocycles. The number of benzene rings is 1. The summed E-state index contributed by atoms with van der Waals surface area (Å²) in [7, 11) is -1.70. The van der Waals surface area contributed by atoms with Gasteiger partial charge in [0, 0.05) is 16.5 Å². The first kappa shape index (κ1) is 24.3. The molecular formula is C22H24Cl2N2O5S2. The zero-order chi connectivity index (χ0) is 23.9. The van der Waals surface area contributed by atoms with Crippen LogP contribution in [0.2, 0.25) is 10.0 Å². The quantitative estimate of drug-likeness (QED) is 0.597. The number of hydrogen-bond donors (Lipinski definition) is 2. The van der Waals surface area contributed by atoms with Gasteiger partial charge < -0.3 is 15.4 Å². The number of amides is 2. The van der Waals surface area contributed by atoms with Gasteiger partial charge in [0.05, 0.1) is 34.2 Å². The highest BCUT2D eigenvalue weighted by molar-refractivity contribution is 7.91. The molecule has 7 nitrogen and oxygen atoms in total. The van der Waals surface area contributed by atoms with E-state index in [9.17, 15) is 18.0 Å². The number of thiophene rings is 1. The minimum absolute atomic E-state index is 0.0629. The van der Waals surface area contributed by atoms with Gasteiger partial charge in [0.15, 0.2) is 15.6 Å². The Hall–Kier alpha value is -1.81. The Labute approximate surface area is 206 Å². The van der Waals surface area contributed by atoms with Gasteiger partial charge in [0.2, 0.25) is 0 Å². The molecule has 0 bridgehead atoms. The van der Waals surface area contributed by atoms with E-state index in [2.05, 4.69) is 17.6 Å². The van der Waals surface area contributed by atoms with Crippen molar-refractivity contribution in [1.29, 1.82) is 0 Å². The number of sulfone groups is 1. The van der Waals surface area contributed by atoms with Gasteiger partial charge in [-0.25, -0.2) is 8.42 Å². The maximum absolute atomic E-state index is 13.2. The van der Waals surface area contributed by atoms with Crippen LogP contribution in [0.3, 0.4) is 0 Å². The lowest BCUT2D eigenvalue weighted by Gasteiger charge is -2.19. The molecule has 2 amide bonds. The number of anilines is 1. The molecule has 0 spiro atoms. The summed E-state index contributed by atoms with van der Waals surface area (Å²) in [5, 5.41) is 6.57. The van der Waals surface area contributed by atoms with E-state index in [1.807, 2.05) is 0 Å². The molecule has 1 saturated heterocycles. The molecule has 1 aromatic heterocycles. The Morgan fingerprint density at radius 2 is 1.85 bits per heavy atom. The zero-order valence-corrected chi connectivity index (χ0v) is 21.3. The third kappa shape index (κ3) is 5.16. The molecule has 1 fully saturated rings. The molecule has 0 saturated carbocycles. The molecule has 33 heavy (non-hydrogen) atoms. The smallest absolute Gasteiger partial charge is 0.256 e. The van der Waals surface area contributed by atoms with Gasteiger partial charge in [-0.2, -0.15) is 0 Å². The zero-order valence-electron chi connectivity index (χ0n) is 18.2. The largest absolute Gasteiger partial charge is 0.494 e. The van der Waals surface area contributed by atoms with Crippen LogP contribution in [-0.2, 0) is 22.7 Å². The molecule has 2 heterocycles. The SMILES string of the molecule is COc1c(Cl)cc(C(=O)Nc2sc3c(c2C(=O)NC2CCS(=O)(=O)C2)CCC(C)C3)cc1Cl. The van der Waals surface area contributed by atoms with Crippen molar-refractivity contribution in [2.24, 2.45) is 5.92 Å². The van der Waals surface area contributed by atoms with Gasteiger partial charge in [-0.05, 0) is 49.3 Å². The fraction of sp³-hybridized carbons (Fsp3) is 0.455. The van der Waals surface area contributed by atoms with Gasteiger partial charge in [0.25, 0.3) is 11.8 Å². The van der Waals surface area contributed by atoms with E-state index in [-0.39, 0.29) is 38.8 Å². The number of hydrogen-bond acceptors (Lipinski definition) is 6. The average molecular weight is 531 g/mol. The van der Waals surface area contributed by atoms with Gasteiger partial charge in [0.1, 0.15) is 5.00 Å². The Morgan fingerprint density at radius 3 is 2.45 bits per heavy atom. The molecule has 2 unspecified atom stereocenters. The van der Waals surface area contributed by atoms with E-state index in [1.54, 1.807) is 0 Å². The summed E-state index contributed by atoms with van der Waals surface area (Å²) in [6.07, 6.45) is 2.89. The van der Waals surface area contributed by atoms with Crippen LogP contribution in [0.5, 0.6) is 5.75 Å². The summed E-state index contributed by atoms with van der Waals surface area (Å²) < 4.78 is 28.8. The van der Waals surface area contributed by atoms with E-state index in [0.29, 0.717) is 22.9 Å². The molecule has 2 aromatic rings. The van der Waals surface area contributed by atoms with Crippen molar-refractivity contribution in [3.8, 4) is 5.75 Å². The second-order valence-electron chi connectivity index (χ2n) is 8.56. The number of halogens is 2. The molecule has 2 N–H and O–H groups in total. The molecule has 11 heteroatoms. The van der Waals surface area contributed by atoms with Crippen molar-refractivity contribution in [3.63, 3.8) is 0 Å². The number of fused-ring (bicyclic) bond motifs is 1. The Balaban J connectivity index is 1.64. The predicted molar refractivity (Wildman–Crippen MR) is 131 cm³/mol. The van der Waals surface area contributed by atoms with Crippen molar-refractivity contribution in [1.82, 2.24) is 5.32 Å². The molecule has 178 valence electrons. The predicted octanol–water partition coefficient (Wildman–Crippen LogP) is 4.36. The molecule has 2 aliphatic rings. The van der Waals surface area contributed by atoms with Crippen LogP contribution in [0.1, 0.15) is 50.9 Å². The van der Waals surface area contributed by atoms with Crippen LogP contribution in [0, 0.1) is 5.92 Å².